The molecule has 0 unspecified atom stereocenters. The van der Waals surface area contributed by atoms with Gasteiger partial charge in [-0.1, -0.05) is 0 Å². The fourth-order valence-electron chi connectivity index (χ4n) is 2.35. The van der Waals surface area contributed by atoms with Gasteiger partial charge in [0.25, 0.3) is 5.69 Å². The van der Waals surface area contributed by atoms with Crippen LogP contribution in [0.25, 0.3) is 0 Å². The summed E-state index contributed by atoms with van der Waals surface area (Å²) in [6, 6.07) is 6.21. The van der Waals surface area contributed by atoms with Crippen LogP contribution in [0.3, 0.4) is 0 Å². The lowest BCUT2D eigenvalue weighted by molar-refractivity contribution is -0.384. The van der Waals surface area contributed by atoms with Crippen molar-refractivity contribution in [2.24, 2.45) is 5.73 Å². The molecule has 21 heavy (non-hydrogen) atoms. The fraction of sp³-hybridized carbons (Fsp3) is 0.500. The van der Waals surface area contributed by atoms with Crippen LogP contribution in [0.15, 0.2) is 24.3 Å². The Morgan fingerprint density at radius 2 is 1.95 bits per heavy atom. The molecule has 0 radical (unpaired) electrons. The molecule has 7 heteroatoms. The number of benzene rings is 1. The van der Waals surface area contributed by atoms with Crippen molar-refractivity contribution in [3.8, 4) is 0 Å². The summed E-state index contributed by atoms with van der Waals surface area (Å²) in [4.78, 5) is 26.0. The normalized spacial score (nSPS) is 16.7. The number of nitro groups is 1. The van der Waals surface area contributed by atoms with Gasteiger partial charge in [0.1, 0.15) is 0 Å². The van der Waals surface area contributed by atoms with Gasteiger partial charge in [0.15, 0.2) is 0 Å². The lowest BCUT2D eigenvalue weighted by Crippen LogP contribution is -2.45. The third kappa shape index (κ3) is 3.99. The summed E-state index contributed by atoms with van der Waals surface area (Å²) >= 11 is 0. The molecular formula is C14H20N4O3. The van der Waals surface area contributed by atoms with E-state index in [-0.39, 0.29) is 17.6 Å². The second kappa shape index (κ2) is 6.64. The van der Waals surface area contributed by atoms with Crippen LogP contribution >= 0.6 is 0 Å². The number of likely N-dealkylation sites (tertiary alicyclic amines) is 1. The van der Waals surface area contributed by atoms with Crippen LogP contribution in [0, 0.1) is 10.1 Å². The Morgan fingerprint density at radius 3 is 2.48 bits per heavy atom. The van der Waals surface area contributed by atoms with E-state index in [1.54, 1.807) is 19.2 Å². The molecule has 1 aliphatic rings. The maximum absolute atomic E-state index is 12.2. The van der Waals surface area contributed by atoms with Crippen LogP contribution in [-0.4, -0.2) is 48.5 Å². The van der Waals surface area contributed by atoms with Gasteiger partial charge >= 0.3 is 0 Å². The molecule has 0 bridgehead atoms. The third-order valence-electron chi connectivity index (χ3n) is 3.81. The molecule has 1 aliphatic heterocycles. The molecule has 2 rings (SSSR count). The maximum atomic E-state index is 12.2. The third-order valence-corrected chi connectivity index (χ3v) is 3.81. The first-order chi connectivity index (χ1) is 9.97. The SMILES string of the molecule is CN(C(=O)CN1CCC(N)CC1)c1ccc([N+](=O)[O-])cc1. The van der Waals surface area contributed by atoms with Crippen LogP contribution in [0.1, 0.15) is 12.8 Å². The number of piperidine rings is 1. The average Bonchev–Trinajstić information content (AvgIpc) is 2.49. The zero-order valence-corrected chi connectivity index (χ0v) is 12.1. The quantitative estimate of drug-likeness (QED) is 0.659. The van der Waals surface area contributed by atoms with Gasteiger partial charge in [-0.25, -0.2) is 0 Å². The molecule has 0 saturated carbocycles. The Hall–Kier alpha value is -1.99. The smallest absolute Gasteiger partial charge is 0.269 e. The molecule has 1 fully saturated rings. The first kappa shape index (κ1) is 15.4. The maximum Gasteiger partial charge on any atom is 0.269 e. The molecule has 114 valence electrons. The molecular weight excluding hydrogens is 272 g/mol. The minimum Gasteiger partial charge on any atom is -0.328 e. The monoisotopic (exact) mass is 292 g/mol. The molecule has 1 saturated heterocycles. The highest BCUT2D eigenvalue weighted by Crippen LogP contribution is 2.19. The topological polar surface area (TPSA) is 92.7 Å². The largest absolute Gasteiger partial charge is 0.328 e. The van der Waals surface area contributed by atoms with Gasteiger partial charge in [0.05, 0.1) is 11.5 Å². The van der Waals surface area contributed by atoms with E-state index in [2.05, 4.69) is 4.90 Å². The molecule has 0 aromatic heterocycles. The minimum absolute atomic E-state index is 0.0182. The average molecular weight is 292 g/mol. The number of hydrogen-bond donors (Lipinski definition) is 1. The molecule has 1 amide bonds. The Balaban J connectivity index is 1.94. The van der Waals surface area contributed by atoms with Gasteiger partial charge < -0.3 is 10.6 Å². The highest BCUT2D eigenvalue weighted by atomic mass is 16.6. The number of nitrogens with zero attached hydrogens (tertiary/aromatic N) is 3. The Kier molecular flexibility index (Phi) is 4.87. The summed E-state index contributed by atoms with van der Waals surface area (Å²) in [5.74, 6) is -0.0284. The van der Waals surface area contributed by atoms with E-state index in [1.165, 1.54) is 17.0 Å². The number of carbonyl (C=O) groups is 1. The summed E-state index contributed by atoms with van der Waals surface area (Å²) in [6.45, 7) is 2.02. The lowest BCUT2D eigenvalue weighted by Gasteiger charge is -2.30. The van der Waals surface area contributed by atoms with Crippen molar-refractivity contribution in [2.45, 2.75) is 18.9 Å². The van der Waals surface area contributed by atoms with E-state index < -0.39 is 4.92 Å². The van der Waals surface area contributed by atoms with Gasteiger partial charge in [-0.15, -0.1) is 0 Å². The molecule has 0 spiro atoms. The van der Waals surface area contributed by atoms with Crippen LogP contribution < -0.4 is 10.6 Å². The van der Waals surface area contributed by atoms with Gasteiger partial charge in [0.2, 0.25) is 5.91 Å². The molecule has 7 nitrogen and oxygen atoms in total. The van der Waals surface area contributed by atoms with Gasteiger partial charge in [-0.3, -0.25) is 19.8 Å². The number of non-ortho nitro benzene ring substituents is 1. The van der Waals surface area contributed by atoms with Crippen molar-refractivity contribution in [1.29, 1.82) is 0 Å². The number of hydrogen-bond acceptors (Lipinski definition) is 5. The summed E-state index contributed by atoms with van der Waals surface area (Å²) in [5, 5.41) is 10.6. The van der Waals surface area contributed by atoms with Crippen molar-refractivity contribution in [2.75, 3.05) is 31.6 Å². The van der Waals surface area contributed by atoms with E-state index in [0.717, 1.165) is 25.9 Å². The first-order valence-corrected chi connectivity index (χ1v) is 6.96. The Labute approximate surface area is 123 Å². The van der Waals surface area contributed by atoms with Gasteiger partial charge in [-0.05, 0) is 25.0 Å². The summed E-state index contributed by atoms with van der Waals surface area (Å²) in [6.07, 6.45) is 1.82. The number of anilines is 1. The van der Waals surface area contributed by atoms with E-state index in [1.807, 2.05) is 0 Å². The standard InChI is InChI=1S/C14H20N4O3/c1-16(12-2-4-13(5-3-12)18(20)21)14(19)10-17-8-6-11(15)7-9-17/h2-5,11H,6-10,15H2,1H3. The minimum atomic E-state index is -0.456. The number of nitrogens with two attached hydrogens (primary N) is 1. The summed E-state index contributed by atoms with van der Waals surface area (Å²) in [5.41, 5.74) is 6.51. The van der Waals surface area contributed by atoms with Crippen molar-refractivity contribution >= 4 is 17.3 Å². The molecule has 0 atom stereocenters. The second-order valence-electron chi connectivity index (χ2n) is 5.34. The van der Waals surface area contributed by atoms with E-state index in [4.69, 9.17) is 5.73 Å². The number of rotatable bonds is 4. The lowest BCUT2D eigenvalue weighted by atomic mass is 10.1. The molecule has 1 aromatic rings. The van der Waals surface area contributed by atoms with E-state index in [0.29, 0.717) is 12.2 Å². The van der Waals surface area contributed by atoms with Crippen molar-refractivity contribution in [3.63, 3.8) is 0 Å². The van der Waals surface area contributed by atoms with Gasteiger partial charge in [-0.2, -0.15) is 0 Å². The predicted molar refractivity (Wildman–Crippen MR) is 80.2 cm³/mol. The first-order valence-electron chi connectivity index (χ1n) is 6.96. The van der Waals surface area contributed by atoms with Crippen LogP contribution in [0.5, 0.6) is 0 Å². The molecule has 1 aromatic carbocycles. The molecule has 0 aliphatic carbocycles. The second-order valence-corrected chi connectivity index (χ2v) is 5.34. The van der Waals surface area contributed by atoms with Crippen LogP contribution in [0.4, 0.5) is 11.4 Å². The fourth-order valence-corrected chi connectivity index (χ4v) is 2.35. The van der Waals surface area contributed by atoms with Crippen LogP contribution in [0.2, 0.25) is 0 Å². The van der Waals surface area contributed by atoms with Crippen molar-refractivity contribution < 1.29 is 9.72 Å². The molecule has 1 heterocycles. The number of carbonyl (C=O) groups excluding carboxylic acids is 1. The number of likely N-dealkylation sites (N-methyl/N-ethyl adjacent to an activating group) is 1. The van der Waals surface area contributed by atoms with Crippen LogP contribution in [-0.2, 0) is 4.79 Å². The van der Waals surface area contributed by atoms with Gasteiger partial charge in [0, 0.05) is 44.0 Å². The van der Waals surface area contributed by atoms with E-state index in [9.17, 15) is 14.9 Å². The number of nitro benzene ring substituents is 1. The van der Waals surface area contributed by atoms with Crippen molar-refractivity contribution in [3.05, 3.63) is 34.4 Å². The van der Waals surface area contributed by atoms with Crippen molar-refractivity contribution in [1.82, 2.24) is 4.90 Å². The zero-order valence-electron chi connectivity index (χ0n) is 12.1. The Bertz CT molecular complexity index is 509. The Morgan fingerprint density at radius 1 is 1.38 bits per heavy atom. The predicted octanol–water partition coefficient (Wildman–Crippen LogP) is 0.981. The number of amides is 1. The zero-order chi connectivity index (χ0) is 15.4. The molecule has 2 N–H and O–H groups in total. The summed E-state index contributed by atoms with van der Waals surface area (Å²) in [7, 11) is 1.68. The highest BCUT2D eigenvalue weighted by molar-refractivity contribution is 5.94. The highest BCUT2D eigenvalue weighted by Gasteiger charge is 2.20. The van der Waals surface area contributed by atoms with E-state index >= 15 is 0 Å². The summed E-state index contributed by atoms with van der Waals surface area (Å²) < 4.78 is 0.